The normalized spacial score (nSPS) is 33.6. The fourth-order valence-corrected chi connectivity index (χ4v) is 2.81. The average molecular weight is 228 g/mol. The highest BCUT2D eigenvalue weighted by molar-refractivity contribution is 4.85. The monoisotopic (exact) mass is 228 g/mol. The number of likely N-dealkylation sites (N-methyl/N-ethyl adjacent to an activating group) is 1. The lowest BCUT2D eigenvalue weighted by Gasteiger charge is -2.42. The summed E-state index contributed by atoms with van der Waals surface area (Å²) in [6.45, 7) is 11.2. The van der Waals surface area contributed by atoms with Crippen molar-refractivity contribution in [3.63, 3.8) is 0 Å². The van der Waals surface area contributed by atoms with Gasteiger partial charge >= 0.3 is 0 Å². The van der Waals surface area contributed by atoms with Crippen LogP contribution < -0.4 is 0 Å². The molecule has 0 radical (unpaired) electrons. The first-order valence-corrected chi connectivity index (χ1v) is 6.21. The van der Waals surface area contributed by atoms with Gasteiger partial charge in [0.25, 0.3) is 0 Å². The van der Waals surface area contributed by atoms with Gasteiger partial charge < -0.3 is 14.4 Å². The SMILES string of the molecule is CN1CCO[C@@H](N2CCOCC2)C(C)(C)C1. The van der Waals surface area contributed by atoms with Crippen LogP contribution in [0, 0.1) is 5.41 Å². The van der Waals surface area contributed by atoms with Gasteiger partial charge in [-0.3, -0.25) is 4.90 Å². The lowest BCUT2D eigenvalue weighted by atomic mass is 9.89. The Kier molecular flexibility index (Phi) is 3.85. The maximum absolute atomic E-state index is 6.06. The van der Waals surface area contributed by atoms with Crippen LogP contribution in [0.5, 0.6) is 0 Å². The summed E-state index contributed by atoms with van der Waals surface area (Å²) in [5.41, 5.74) is 0.183. The highest BCUT2D eigenvalue weighted by Gasteiger charge is 2.38. The smallest absolute Gasteiger partial charge is 0.117 e. The minimum absolute atomic E-state index is 0.183. The van der Waals surface area contributed by atoms with Crippen LogP contribution in [0.4, 0.5) is 0 Å². The molecule has 2 fully saturated rings. The molecule has 1 atom stereocenters. The van der Waals surface area contributed by atoms with Crippen molar-refractivity contribution in [2.45, 2.75) is 20.1 Å². The molecular weight excluding hydrogens is 204 g/mol. The lowest BCUT2D eigenvalue weighted by molar-refractivity contribution is -0.137. The zero-order valence-electron chi connectivity index (χ0n) is 10.7. The lowest BCUT2D eigenvalue weighted by Crippen LogP contribution is -2.52. The van der Waals surface area contributed by atoms with Crippen LogP contribution in [-0.4, -0.2) is 69.1 Å². The zero-order chi connectivity index (χ0) is 11.6. The summed E-state index contributed by atoms with van der Waals surface area (Å²) in [4.78, 5) is 4.79. The Bertz CT molecular complexity index is 227. The van der Waals surface area contributed by atoms with E-state index in [0.29, 0.717) is 0 Å². The molecule has 0 aliphatic carbocycles. The topological polar surface area (TPSA) is 24.9 Å². The molecule has 0 aromatic rings. The number of rotatable bonds is 1. The molecule has 2 saturated heterocycles. The standard InChI is InChI=1S/C12H24N2O2/c1-12(2)10-13(3)4-9-16-11(12)14-5-7-15-8-6-14/h11H,4-10H2,1-3H3/t11-/m1/s1. The average Bonchev–Trinajstić information content (AvgIpc) is 2.37. The molecule has 0 amide bonds. The van der Waals surface area contributed by atoms with Crippen molar-refractivity contribution in [2.24, 2.45) is 5.41 Å². The Morgan fingerprint density at radius 1 is 1.06 bits per heavy atom. The van der Waals surface area contributed by atoms with Crippen molar-refractivity contribution in [3.05, 3.63) is 0 Å². The van der Waals surface area contributed by atoms with E-state index in [-0.39, 0.29) is 11.6 Å². The van der Waals surface area contributed by atoms with Crippen LogP contribution in [0.2, 0.25) is 0 Å². The van der Waals surface area contributed by atoms with E-state index in [0.717, 1.165) is 46.0 Å². The molecule has 0 unspecified atom stereocenters. The highest BCUT2D eigenvalue weighted by atomic mass is 16.5. The minimum Gasteiger partial charge on any atom is -0.379 e. The van der Waals surface area contributed by atoms with Crippen molar-refractivity contribution < 1.29 is 9.47 Å². The third-order valence-electron chi connectivity index (χ3n) is 3.47. The van der Waals surface area contributed by atoms with Crippen molar-refractivity contribution in [1.82, 2.24) is 9.80 Å². The molecule has 0 bridgehead atoms. The summed E-state index contributed by atoms with van der Waals surface area (Å²) >= 11 is 0. The van der Waals surface area contributed by atoms with Crippen molar-refractivity contribution in [1.29, 1.82) is 0 Å². The van der Waals surface area contributed by atoms with E-state index in [4.69, 9.17) is 9.47 Å². The number of hydrogen-bond acceptors (Lipinski definition) is 4. The van der Waals surface area contributed by atoms with E-state index in [9.17, 15) is 0 Å². The molecule has 2 rings (SSSR count). The van der Waals surface area contributed by atoms with Crippen LogP contribution in [0.15, 0.2) is 0 Å². The summed E-state index contributed by atoms with van der Waals surface area (Å²) in [6.07, 6.45) is 0.237. The van der Waals surface area contributed by atoms with E-state index >= 15 is 0 Å². The molecule has 0 N–H and O–H groups in total. The molecule has 2 heterocycles. The van der Waals surface area contributed by atoms with Crippen LogP contribution >= 0.6 is 0 Å². The second-order valence-electron chi connectivity index (χ2n) is 5.60. The molecule has 16 heavy (non-hydrogen) atoms. The van der Waals surface area contributed by atoms with E-state index in [1.807, 2.05) is 0 Å². The van der Waals surface area contributed by atoms with E-state index < -0.39 is 0 Å². The summed E-state index contributed by atoms with van der Waals surface area (Å²) in [6, 6.07) is 0. The van der Waals surface area contributed by atoms with Crippen molar-refractivity contribution in [3.8, 4) is 0 Å². The van der Waals surface area contributed by atoms with Gasteiger partial charge in [-0.05, 0) is 7.05 Å². The minimum atomic E-state index is 0.183. The van der Waals surface area contributed by atoms with E-state index in [1.54, 1.807) is 0 Å². The Balaban J connectivity index is 2.04. The van der Waals surface area contributed by atoms with Crippen LogP contribution in [0.25, 0.3) is 0 Å². The fourth-order valence-electron chi connectivity index (χ4n) is 2.81. The van der Waals surface area contributed by atoms with Crippen molar-refractivity contribution >= 4 is 0 Å². The maximum atomic E-state index is 6.06. The van der Waals surface area contributed by atoms with Gasteiger partial charge in [0.05, 0.1) is 19.8 Å². The highest BCUT2D eigenvalue weighted by Crippen LogP contribution is 2.29. The predicted molar refractivity (Wildman–Crippen MR) is 63.4 cm³/mol. The molecule has 2 aliphatic rings. The molecule has 4 nitrogen and oxygen atoms in total. The number of ether oxygens (including phenoxy) is 2. The summed E-state index contributed by atoms with van der Waals surface area (Å²) in [7, 11) is 2.17. The molecule has 94 valence electrons. The van der Waals surface area contributed by atoms with Crippen LogP contribution in [0.3, 0.4) is 0 Å². The van der Waals surface area contributed by atoms with E-state index in [1.165, 1.54) is 0 Å². The summed E-state index contributed by atoms with van der Waals surface area (Å²) in [5.74, 6) is 0. The Hall–Kier alpha value is -0.160. The fraction of sp³-hybridized carbons (Fsp3) is 1.00. The van der Waals surface area contributed by atoms with Gasteiger partial charge in [-0.25, -0.2) is 0 Å². The molecule has 0 spiro atoms. The predicted octanol–water partition coefficient (Wildman–Crippen LogP) is 0.633. The maximum Gasteiger partial charge on any atom is 0.117 e. The quantitative estimate of drug-likeness (QED) is 0.657. The number of morpholine rings is 1. The molecule has 2 aliphatic heterocycles. The largest absolute Gasteiger partial charge is 0.379 e. The van der Waals surface area contributed by atoms with Crippen LogP contribution in [0.1, 0.15) is 13.8 Å². The van der Waals surface area contributed by atoms with Crippen LogP contribution in [-0.2, 0) is 9.47 Å². The summed E-state index contributed by atoms with van der Waals surface area (Å²) in [5, 5.41) is 0. The molecule has 0 aromatic heterocycles. The van der Waals surface area contributed by atoms with Gasteiger partial charge in [-0.2, -0.15) is 0 Å². The Morgan fingerprint density at radius 3 is 2.44 bits per heavy atom. The number of hydrogen-bond donors (Lipinski definition) is 0. The van der Waals surface area contributed by atoms with Crippen molar-refractivity contribution in [2.75, 3.05) is 53.0 Å². The first-order valence-electron chi connectivity index (χ1n) is 6.21. The third kappa shape index (κ3) is 2.74. The van der Waals surface area contributed by atoms with E-state index in [2.05, 4.69) is 30.7 Å². The molecule has 0 saturated carbocycles. The molecule has 4 heteroatoms. The van der Waals surface area contributed by atoms with Gasteiger partial charge in [0, 0.05) is 31.6 Å². The van der Waals surface area contributed by atoms with Gasteiger partial charge in [0.2, 0.25) is 0 Å². The van der Waals surface area contributed by atoms with Gasteiger partial charge in [-0.1, -0.05) is 13.8 Å². The third-order valence-corrected chi connectivity index (χ3v) is 3.47. The molecular formula is C12H24N2O2. The second-order valence-corrected chi connectivity index (χ2v) is 5.60. The number of nitrogens with zero attached hydrogens (tertiary/aromatic N) is 2. The van der Waals surface area contributed by atoms with Gasteiger partial charge in [-0.15, -0.1) is 0 Å². The van der Waals surface area contributed by atoms with Gasteiger partial charge in [0.1, 0.15) is 6.23 Å². The zero-order valence-corrected chi connectivity index (χ0v) is 10.7. The summed E-state index contributed by atoms with van der Waals surface area (Å²) < 4.78 is 11.5. The Morgan fingerprint density at radius 2 is 1.75 bits per heavy atom. The van der Waals surface area contributed by atoms with Gasteiger partial charge in [0.15, 0.2) is 0 Å². The molecule has 0 aromatic carbocycles. The Labute approximate surface area is 98.5 Å². The first kappa shape index (κ1) is 12.3. The second kappa shape index (κ2) is 5.00. The first-order chi connectivity index (χ1) is 7.59.